The summed E-state index contributed by atoms with van der Waals surface area (Å²) in [6.45, 7) is 2.32. The van der Waals surface area contributed by atoms with Crippen molar-refractivity contribution in [2.75, 3.05) is 6.54 Å². The number of fused-ring (bicyclic) bond motifs is 1. The third-order valence-electron chi connectivity index (χ3n) is 6.20. The molecule has 0 saturated carbocycles. The zero-order valence-electron chi connectivity index (χ0n) is 20.1. The Bertz CT molecular complexity index is 1400. The topological polar surface area (TPSA) is 99.6 Å². The molecule has 4 aromatic rings. The molecular formula is C27H29N7O2. The van der Waals surface area contributed by atoms with Crippen LogP contribution in [0.1, 0.15) is 36.2 Å². The Hall–Kier alpha value is -4.27. The zero-order chi connectivity index (χ0) is 24.7. The number of aromatic nitrogens is 6. The van der Waals surface area contributed by atoms with Crippen LogP contribution >= 0.6 is 0 Å². The van der Waals surface area contributed by atoms with Crippen molar-refractivity contribution in [1.29, 1.82) is 0 Å². The molecule has 184 valence electrons. The van der Waals surface area contributed by atoms with Gasteiger partial charge in [0.2, 0.25) is 5.91 Å². The number of carbonyl (C=O) groups excluding carboxylic acids is 1. The average molecular weight is 484 g/mol. The smallest absolute Gasteiger partial charge is 0.345 e. The van der Waals surface area contributed by atoms with Gasteiger partial charge in [0.05, 0.1) is 6.54 Å². The third-order valence-corrected chi connectivity index (χ3v) is 6.20. The molecule has 1 amide bonds. The molecule has 0 aliphatic carbocycles. The summed E-state index contributed by atoms with van der Waals surface area (Å²) in [5, 5.41) is 12.1. The lowest BCUT2D eigenvalue weighted by molar-refractivity contribution is -0.116. The lowest BCUT2D eigenvalue weighted by Gasteiger charge is -2.09. The quantitative estimate of drug-likeness (QED) is 0.292. The molecule has 4 heterocycles. The minimum Gasteiger partial charge on any atom is -0.352 e. The molecule has 1 aliphatic heterocycles. The summed E-state index contributed by atoms with van der Waals surface area (Å²) in [7, 11) is 0. The molecule has 1 N–H and O–H groups in total. The minimum atomic E-state index is -0.195. The maximum absolute atomic E-state index is 12.5. The number of nitrogens with zero attached hydrogens (tertiary/aromatic N) is 6. The third kappa shape index (κ3) is 5.51. The molecular weight excluding hydrogens is 454 g/mol. The summed E-state index contributed by atoms with van der Waals surface area (Å²) in [4.78, 5) is 29.1. The van der Waals surface area contributed by atoms with Crippen molar-refractivity contribution in [2.24, 2.45) is 0 Å². The molecule has 36 heavy (non-hydrogen) atoms. The second kappa shape index (κ2) is 11.0. The van der Waals surface area contributed by atoms with Crippen molar-refractivity contribution in [3.8, 4) is 11.3 Å². The molecule has 3 aromatic heterocycles. The first-order chi connectivity index (χ1) is 17.7. The Labute approximate surface area is 209 Å². The summed E-state index contributed by atoms with van der Waals surface area (Å²) in [6.07, 6.45) is 12.3. The van der Waals surface area contributed by atoms with E-state index < -0.39 is 0 Å². The van der Waals surface area contributed by atoms with Crippen molar-refractivity contribution < 1.29 is 4.79 Å². The monoisotopic (exact) mass is 483 g/mol. The van der Waals surface area contributed by atoms with Crippen molar-refractivity contribution >= 4 is 12.0 Å². The van der Waals surface area contributed by atoms with E-state index in [9.17, 15) is 9.59 Å². The maximum atomic E-state index is 12.5. The first kappa shape index (κ1) is 23.5. The fourth-order valence-corrected chi connectivity index (χ4v) is 4.40. The fraction of sp³-hybridized carbons (Fsp3) is 0.296. The van der Waals surface area contributed by atoms with Gasteiger partial charge >= 0.3 is 5.69 Å². The number of rotatable bonds is 9. The SMILES string of the molecule is O=C(C=Cc1cn(Cc2ccccc2)nc1-c1cccnc1)NCCCn1nc2n(c1=O)CCCC2. The number of pyridine rings is 1. The van der Waals surface area contributed by atoms with Gasteiger partial charge in [-0.3, -0.25) is 19.0 Å². The van der Waals surface area contributed by atoms with Gasteiger partial charge in [0, 0.05) is 61.8 Å². The van der Waals surface area contributed by atoms with Crippen LogP contribution in [0.25, 0.3) is 17.3 Å². The Balaban J connectivity index is 1.21. The van der Waals surface area contributed by atoms with E-state index >= 15 is 0 Å². The van der Waals surface area contributed by atoms with E-state index in [1.54, 1.807) is 23.0 Å². The summed E-state index contributed by atoms with van der Waals surface area (Å²) in [5.41, 5.74) is 3.59. The van der Waals surface area contributed by atoms with Gasteiger partial charge in [-0.15, -0.1) is 0 Å². The Morgan fingerprint density at radius 1 is 1.08 bits per heavy atom. The summed E-state index contributed by atoms with van der Waals surface area (Å²) in [6, 6.07) is 13.9. The van der Waals surface area contributed by atoms with E-state index in [4.69, 9.17) is 5.10 Å². The molecule has 0 unspecified atom stereocenters. The number of hydrogen-bond donors (Lipinski definition) is 1. The highest BCUT2D eigenvalue weighted by Gasteiger charge is 2.16. The van der Waals surface area contributed by atoms with Crippen molar-refractivity contribution in [3.63, 3.8) is 0 Å². The number of nitrogens with one attached hydrogen (secondary N) is 1. The Kier molecular flexibility index (Phi) is 7.16. The lowest BCUT2D eigenvalue weighted by Crippen LogP contribution is -2.28. The molecule has 5 rings (SSSR count). The van der Waals surface area contributed by atoms with Crippen LogP contribution in [0.4, 0.5) is 0 Å². The second-order valence-electron chi connectivity index (χ2n) is 8.87. The number of hydrogen-bond acceptors (Lipinski definition) is 5. The van der Waals surface area contributed by atoms with Crippen LogP contribution in [0.2, 0.25) is 0 Å². The molecule has 1 aromatic carbocycles. The molecule has 0 fully saturated rings. The van der Waals surface area contributed by atoms with Crippen LogP contribution in [0.15, 0.2) is 71.9 Å². The highest BCUT2D eigenvalue weighted by Crippen LogP contribution is 2.23. The van der Waals surface area contributed by atoms with E-state index in [1.165, 1.54) is 10.8 Å². The van der Waals surface area contributed by atoms with E-state index in [1.807, 2.05) is 41.2 Å². The first-order valence-electron chi connectivity index (χ1n) is 12.3. The summed E-state index contributed by atoms with van der Waals surface area (Å²) in [5.74, 6) is 0.676. The van der Waals surface area contributed by atoms with Crippen molar-refractivity contribution in [2.45, 2.75) is 45.3 Å². The van der Waals surface area contributed by atoms with E-state index in [-0.39, 0.29) is 11.6 Å². The van der Waals surface area contributed by atoms with Crippen LogP contribution in [0.5, 0.6) is 0 Å². The zero-order valence-corrected chi connectivity index (χ0v) is 20.1. The molecule has 1 aliphatic rings. The van der Waals surface area contributed by atoms with Crippen LogP contribution in [0.3, 0.4) is 0 Å². The van der Waals surface area contributed by atoms with E-state index in [0.717, 1.165) is 54.0 Å². The highest BCUT2D eigenvalue weighted by molar-refractivity contribution is 5.92. The van der Waals surface area contributed by atoms with Crippen LogP contribution in [0, 0.1) is 0 Å². The summed E-state index contributed by atoms with van der Waals surface area (Å²) < 4.78 is 5.16. The van der Waals surface area contributed by atoms with E-state index in [0.29, 0.717) is 26.1 Å². The molecule has 9 heteroatoms. The molecule has 9 nitrogen and oxygen atoms in total. The number of amides is 1. The minimum absolute atomic E-state index is 0.0497. The van der Waals surface area contributed by atoms with Gasteiger partial charge in [-0.1, -0.05) is 30.3 Å². The Morgan fingerprint density at radius 3 is 2.78 bits per heavy atom. The summed E-state index contributed by atoms with van der Waals surface area (Å²) >= 11 is 0. The molecule has 0 radical (unpaired) electrons. The number of benzene rings is 1. The van der Waals surface area contributed by atoms with E-state index in [2.05, 4.69) is 27.5 Å². The Morgan fingerprint density at radius 2 is 1.97 bits per heavy atom. The molecule has 0 saturated heterocycles. The number of aryl methyl sites for hydroxylation is 2. The van der Waals surface area contributed by atoms with Crippen LogP contribution < -0.4 is 11.0 Å². The largest absolute Gasteiger partial charge is 0.352 e. The van der Waals surface area contributed by atoms with Gasteiger partial charge in [-0.25, -0.2) is 9.48 Å². The van der Waals surface area contributed by atoms with Crippen molar-refractivity contribution in [3.05, 3.63) is 94.6 Å². The normalized spacial score (nSPS) is 13.1. The van der Waals surface area contributed by atoms with Crippen molar-refractivity contribution in [1.82, 2.24) is 34.4 Å². The highest BCUT2D eigenvalue weighted by atomic mass is 16.2. The van der Waals surface area contributed by atoms with Gasteiger partial charge in [0.1, 0.15) is 11.5 Å². The van der Waals surface area contributed by atoms with Gasteiger partial charge in [0.25, 0.3) is 0 Å². The first-order valence-corrected chi connectivity index (χ1v) is 12.3. The van der Waals surface area contributed by atoms with Gasteiger partial charge in [0.15, 0.2) is 0 Å². The predicted molar refractivity (Wildman–Crippen MR) is 137 cm³/mol. The molecule has 0 spiro atoms. The van der Waals surface area contributed by atoms with Gasteiger partial charge in [-0.05, 0) is 43.0 Å². The molecule has 0 atom stereocenters. The fourth-order valence-electron chi connectivity index (χ4n) is 4.40. The standard InChI is InChI=1S/C27H29N7O2/c35-25(29-15-7-17-34-27(36)33-16-5-4-11-24(33)30-34)13-12-23-20-32(19-21-8-2-1-3-9-21)31-26(23)22-10-6-14-28-18-22/h1-3,6,8-10,12-14,18,20H,4-5,7,11,15-17,19H2,(H,29,35). The van der Waals surface area contributed by atoms with Crippen LogP contribution in [-0.2, 0) is 30.8 Å². The average Bonchev–Trinajstić information content (AvgIpc) is 3.47. The van der Waals surface area contributed by atoms with Gasteiger partial charge in [-0.2, -0.15) is 10.2 Å². The second-order valence-corrected chi connectivity index (χ2v) is 8.87. The predicted octanol–water partition coefficient (Wildman–Crippen LogP) is 2.91. The van der Waals surface area contributed by atoms with Crippen LogP contribution in [-0.4, -0.2) is 41.6 Å². The molecule has 0 bridgehead atoms. The lowest BCUT2D eigenvalue weighted by atomic mass is 10.1. The van der Waals surface area contributed by atoms with Gasteiger partial charge < -0.3 is 5.32 Å². The number of carbonyl (C=O) groups is 1. The maximum Gasteiger partial charge on any atom is 0.345 e.